The van der Waals surface area contributed by atoms with Gasteiger partial charge >= 0.3 is 0 Å². The third kappa shape index (κ3) is 5.12. The van der Waals surface area contributed by atoms with Crippen LogP contribution in [-0.2, 0) is 19.3 Å². The molecule has 3 aromatic rings. The van der Waals surface area contributed by atoms with Gasteiger partial charge in [-0.05, 0) is 85.2 Å². The first-order valence-corrected chi connectivity index (χ1v) is 12.1. The van der Waals surface area contributed by atoms with Gasteiger partial charge in [0.05, 0.1) is 10.4 Å². The average molecular weight is 445 g/mol. The zero-order valence-electron chi connectivity index (χ0n) is 18.5. The van der Waals surface area contributed by atoms with Crippen molar-refractivity contribution in [2.45, 2.75) is 52.4 Å². The van der Waals surface area contributed by atoms with E-state index >= 15 is 4.39 Å². The zero-order chi connectivity index (χ0) is 22.5. The SMILES string of the molecule is CCCC1CCc2c(cc(F)c(C#Cc3ccc(C#Cc4ccc(CC)s4)cc3)c2F)C1. The van der Waals surface area contributed by atoms with Crippen molar-refractivity contribution < 1.29 is 8.78 Å². The molecule has 0 amide bonds. The van der Waals surface area contributed by atoms with Crippen LogP contribution in [0.25, 0.3) is 0 Å². The normalized spacial score (nSPS) is 14.7. The molecule has 1 unspecified atom stereocenters. The second-order valence-electron chi connectivity index (χ2n) is 8.28. The monoisotopic (exact) mass is 444 g/mol. The molecule has 2 aromatic carbocycles. The topological polar surface area (TPSA) is 0 Å². The van der Waals surface area contributed by atoms with E-state index in [2.05, 4.69) is 43.6 Å². The van der Waals surface area contributed by atoms with Gasteiger partial charge in [0.2, 0.25) is 0 Å². The minimum Gasteiger partial charge on any atom is -0.206 e. The maximum Gasteiger partial charge on any atom is 0.145 e. The van der Waals surface area contributed by atoms with Gasteiger partial charge in [0, 0.05) is 16.0 Å². The van der Waals surface area contributed by atoms with Crippen molar-refractivity contribution in [2.24, 2.45) is 5.92 Å². The van der Waals surface area contributed by atoms with E-state index in [4.69, 9.17) is 0 Å². The number of hydrogen-bond acceptors (Lipinski definition) is 1. The summed E-state index contributed by atoms with van der Waals surface area (Å²) in [5.74, 6) is 11.5. The van der Waals surface area contributed by atoms with Gasteiger partial charge in [0.1, 0.15) is 11.6 Å². The standard InChI is InChI=1S/C29H26F2S/c1-3-5-22-12-16-26-23(18-22)19-28(30)27(29(26)31)17-11-21-8-6-20(7-9-21)10-13-25-15-14-24(4-2)32-25/h6-9,14-15,19,22H,3-5,12,16,18H2,1-2H3. The Kier molecular flexibility index (Phi) is 7.09. The summed E-state index contributed by atoms with van der Waals surface area (Å²) in [6.07, 6.45) is 5.62. The molecular formula is C29H26F2S. The van der Waals surface area contributed by atoms with Gasteiger partial charge in [0.15, 0.2) is 0 Å². The fourth-order valence-electron chi connectivity index (χ4n) is 4.23. The van der Waals surface area contributed by atoms with E-state index < -0.39 is 11.6 Å². The van der Waals surface area contributed by atoms with Gasteiger partial charge in [-0.1, -0.05) is 50.4 Å². The number of benzene rings is 2. The molecule has 1 heterocycles. The molecule has 0 spiro atoms. The lowest BCUT2D eigenvalue weighted by Gasteiger charge is -2.25. The summed E-state index contributed by atoms with van der Waals surface area (Å²) in [5.41, 5.74) is 2.93. The van der Waals surface area contributed by atoms with Crippen LogP contribution in [0, 0.1) is 41.2 Å². The van der Waals surface area contributed by atoms with Crippen LogP contribution >= 0.6 is 11.3 Å². The third-order valence-corrected chi connectivity index (χ3v) is 7.12. The Bertz CT molecular complexity index is 1230. The summed E-state index contributed by atoms with van der Waals surface area (Å²) in [6.45, 7) is 4.29. The van der Waals surface area contributed by atoms with Gasteiger partial charge in [-0.3, -0.25) is 0 Å². The zero-order valence-corrected chi connectivity index (χ0v) is 19.3. The molecule has 0 N–H and O–H groups in total. The molecule has 0 saturated heterocycles. The lowest BCUT2D eigenvalue weighted by atomic mass is 9.81. The lowest BCUT2D eigenvalue weighted by Crippen LogP contribution is -2.17. The van der Waals surface area contributed by atoms with Gasteiger partial charge in [0.25, 0.3) is 0 Å². The molecule has 162 valence electrons. The van der Waals surface area contributed by atoms with E-state index in [9.17, 15) is 4.39 Å². The second-order valence-corrected chi connectivity index (χ2v) is 9.45. The second kappa shape index (κ2) is 10.2. The summed E-state index contributed by atoms with van der Waals surface area (Å²) in [4.78, 5) is 2.37. The van der Waals surface area contributed by atoms with E-state index in [1.165, 1.54) is 10.9 Å². The Morgan fingerprint density at radius 2 is 1.66 bits per heavy atom. The quantitative estimate of drug-likeness (QED) is 0.372. The maximum absolute atomic E-state index is 15.0. The molecule has 0 bridgehead atoms. The number of hydrogen-bond donors (Lipinski definition) is 0. The Morgan fingerprint density at radius 1 is 0.938 bits per heavy atom. The van der Waals surface area contributed by atoms with Crippen LogP contribution in [0.3, 0.4) is 0 Å². The highest BCUT2D eigenvalue weighted by atomic mass is 32.1. The molecule has 4 rings (SSSR count). The number of halogens is 2. The van der Waals surface area contributed by atoms with Crippen LogP contribution in [-0.4, -0.2) is 0 Å². The summed E-state index contributed by atoms with van der Waals surface area (Å²) in [5, 5.41) is 0. The van der Waals surface area contributed by atoms with Gasteiger partial charge in [-0.15, -0.1) is 11.3 Å². The Hall–Kier alpha value is -2.88. The van der Waals surface area contributed by atoms with Crippen LogP contribution in [0.15, 0.2) is 42.5 Å². The van der Waals surface area contributed by atoms with E-state index in [0.717, 1.165) is 48.1 Å². The van der Waals surface area contributed by atoms with Gasteiger partial charge in [-0.25, -0.2) is 8.78 Å². The molecule has 0 radical (unpaired) electrons. The van der Waals surface area contributed by atoms with E-state index in [0.29, 0.717) is 23.5 Å². The molecule has 3 heteroatoms. The van der Waals surface area contributed by atoms with Crippen molar-refractivity contribution in [1.29, 1.82) is 0 Å². The minimum absolute atomic E-state index is 0.119. The molecule has 0 fully saturated rings. The van der Waals surface area contributed by atoms with E-state index in [1.54, 1.807) is 11.3 Å². The highest BCUT2D eigenvalue weighted by molar-refractivity contribution is 7.12. The van der Waals surface area contributed by atoms with Gasteiger partial charge in [-0.2, -0.15) is 0 Å². The summed E-state index contributed by atoms with van der Waals surface area (Å²) in [7, 11) is 0. The molecule has 0 aliphatic heterocycles. The first kappa shape index (κ1) is 22.3. The van der Waals surface area contributed by atoms with Crippen molar-refractivity contribution in [1.82, 2.24) is 0 Å². The molecular weight excluding hydrogens is 418 g/mol. The fraction of sp³-hybridized carbons (Fsp3) is 0.310. The maximum atomic E-state index is 15.0. The summed E-state index contributed by atoms with van der Waals surface area (Å²) in [6, 6.07) is 13.1. The van der Waals surface area contributed by atoms with E-state index in [1.807, 2.05) is 30.3 Å². The van der Waals surface area contributed by atoms with Gasteiger partial charge < -0.3 is 0 Å². The lowest BCUT2D eigenvalue weighted by molar-refractivity contribution is 0.411. The van der Waals surface area contributed by atoms with Crippen molar-refractivity contribution in [3.8, 4) is 23.7 Å². The Labute approximate surface area is 193 Å². The number of fused-ring (bicyclic) bond motifs is 1. The van der Waals surface area contributed by atoms with Crippen LogP contribution < -0.4 is 0 Å². The van der Waals surface area contributed by atoms with Crippen LogP contribution in [0.5, 0.6) is 0 Å². The van der Waals surface area contributed by atoms with Crippen LogP contribution in [0.1, 0.15) is 70.7 Å². The third-order valence-electron chi connectivity index (χ3n) is 5.98. The first-order valence-electron chi connectivity index (χ1n) is 11.3. The smallest absolute Gasteiger partial charge is 0.145 e. The summed E-state index contributed by atoms with van der Waals surface area (Å²) < 4.78 is 29.7. The predicted molar refractivity (Wildman–Crippen MR) is 129 cm³/mol. The number of thiophene rings is 1. The molecule has 1 aromatic heterocycles. The van der Waals surface area contributed by atoms with Crippen LogP contribution in [0.4, 0.5) is 8.78 Å². The molecule has 0 nitrogen and oxygen atoms in total. The molecule has 1 aliphatic carbocycles. The van der Waals surface area contributed by atoms with Crippen molar-refractivity contribution >= 4 is 11.3 Å². The molecule has 32 heavy (non-hydrogen) atoms. The summed E-state index contributed by atoms with van der Waals surface area (Å²) >= 11 is 1.71. The number of rotatable bonds is 3. The van der Waals surface area contributed by atoms with Crippen LogP contribution in [0.2, 0.25) is 0 Å². The van der Waals surface area contributed by atoms with E-state index in [-0.39, 0.29) is 5.56 Å². The Balaban J connectivity index is 1.51. The molecule has 1 aliphatic rings. The average Bonchev–Trinajstić information content (AvgIpc) is 3.26. The molecule has 0 saturated carbocycles. The largest absolute Gasteiger partial charge is 0.206 e. The van der Waals surface area contributed by atoms with Crippen molar-refractivity contribution in [3.05, 3.63) is 91.7 Å². The first-order chi connectivity index (χ1) is 15.6. The molecule has 1 atom stereocenters. The predicted octanol–water partition coefficient (Wildman–Crippen LogP) is 7.29. The highest BCUT2D eigenvalue weighted by Crippen LogP contribution is 2.32. The fourth-order valence-corrected chi connectivity index (χ4v) is 5.03. The highest BCUT2D eigenvalue weighted by Gasteiger charge is 2.24. The van der Waals surface area contributed by atoms with Crippen molar-refractivity contribution in [3.63, 3.8) is 0 Å². The Morgan fingerprint density at radius 3 is 2.31 bits per heavy atom. The van der Waals surface area contributed by atoms with Crippen molar-refractivity contribution in [2.75, 3.05) is 0 Å². The number of aryl methyl sites for hydroxylation is 1. The minimum atomic E-state index is -0.559.